The van der Waals surface area contributed by atoms with Crippen molar-refractivity contribution in [1.29, 1.82) is 0 Å². The van der Waals surface area contributed by atoms with Crippen LogP contribution in [0.5, 0.6) is 0 Å². The molecule has 0 aliphatic heterocycles. The fraction of sp³-hybridized carbons (Fsp3) is 0.133. The largest absolute Gasteiger partial charge is 0.322 e. The second-order valence-corrected chi connectivity index (χ2v) is 4.81. The number of carbonyl (C=O) groups excluding carboxylic acids is 1. The topological polar surface area (TPSA) is 72.2 Å². The normalized spacial score (nSPS) is 10.2. The molecule has 0 aliphatic rings. The molecule has 0 aliphatic carbocycles. The number of nitrogens with one attached hydrogen (secondary N) is 1. The predicted molar refractivity (Wildman–Crippen MR) is 81.8 cm³/mol. The van der Waals surface area contributed by atoms with Gasteiger partial charge in [-0.25, -0.2) is 0 Å². The Morgan fingerprint density at radius 1 is 1.24 bits per heavy atom. The molecular formula is C15H13ClN2O3. The van der Waals surface area contributed by atoms with Crippen LogP contribution in [0.1, 0.15) is 21.5 Å². The Balaban J connectivity index is 2.17. The van der Waals surface area contributed by atoms with Crippen LogP contribution in [-0.2, 0) is 5.88 Å². The van der Waals surface area contributed by atoms with Gasteiger partial charge in [0.1, 0.15) is 0 Å². The number of non-ortho nitro benzene ring substituents is 1. The molecule has 0 radical (unpaired) electrons. The van der Waals surface area contributed by atoms with Gasteiger partial charge in [-0.2, -0.15) is 0 Å². The van der Waals surface area contributed by atoms with Gasteiger partial charge in [-0.15, -0.1) is 11.6 Å². The molecule has 6 heteroatoms. The lowest BCUT2D eigenvalue weighted by Crippen LogP contribution is -2.13. The molecule has 2 aromatic carbocycles. The van der Waals surface area contributed by atoms with Gasteiger partial charge in [-0.3, -0.25) is 14.9 Å². The van der Waals surface area contributed by atoms with Gasteiger partial charge in [0.05, 0.1) is 4.92 Å². The molecule has 1 amide bonds. The smallest absolute Gasteiger partial charge is 0.269 e. The van der Waals surface area contributed by atoms with Crippen LogP contribution in [-0.4, -0.2) is 10.8 Å². The number of rotatable bonds is 4. The number of benzene rings is 2. The molecule has 0 saturated carbocycles. The van der Waals surface area contributed by atoms with Gasteiger partial charge in [0.25, 0.3) is 11.6 Å². The van der Waals surface area contributed by atoms with Crippen molar-refractivity contribution in [2.75, 3.05) is 5.32 Å². The van der Waals surface area contributed by atoms with Gasteiger partial charge in [-0.1, -0.05) is 12.1 Å². The van der Waals surface area contributed by atoms with Crippen LogP contribution in [0.2, 0.25) is 0 Å². The lowest BCUT2D eigenvalue weighted by atomic mass is 10.1. The van der Waals surface area contributed by atoms with Crippen LogP contribution >= 0.6 is 11.6 Å². The molecule has 1 N–H and O–H groups in total. The summed E-state index contributed by atoms with van der Waals surface area (Å²) >= 11 is 5.70. The highest BCUT2D eigenvalue weighted by Crippen LogP contribution is 2.19. The highest BCUT2D eigenvalue weighted by atomic mass is 35.5. The maximum atomic E-state index is 12.2. The number of alkyl halides is 1. The van der Waals surface area contributed by atoms with Gasteiger partial charge in [0.2, 0.25) is 0 Å². The van der Waals surface area contributed by atoms with E-state index >= 15 is 0 Å². The summed E-state index contributed by atoms with van der Waals surface area (Å²) in [5.74, 6) is 0.108. The Kier molecular flexibility index (Phi) is 4.55. The van der Waals surface area contributed by atoms with Gasteiger partial charge in [-0.05, 0) is 36.2 Å². The summed E-state index contributed by atoms with van der Waals surface area (Å²) in [7, 11) is 0. The number of carbonyl (C=O) groups is 1. The molecule has 0 fully saturated rings. The molecule has 0 aromatic heterocycles. The van der Waals surface area contributed by atoms with Crippen molar-refractivity contribution in [3.63, 3.8) is 0 Å². The molecule has 0 spiro atoms. The van der Waals surface area contributed by atoms with Crippen LogP contribution in [0.3, 0.4) is 0 Å². The number of amides is 1. The number of hydrogen-bond acceptors (Lipinski definition) is 3. The molecule has 0 heterocycles. The van der Waals surface area contributed by atoms with Crippen LogP contribution in [0.15, 0.2) is 42.5 Å². The lowest BCUT2D eigenvalue weighted by molar-refractivity contribution is -0.384. The standard InChI is InChI=1S/C15H13ClN2O3/c1-10-8-13(18(20)21)6-7-14(10)15(19)17-12-4-2-11(9-16)3-5-12/h2-8H,9H2,1H3,(H,17,19). The second kappa shape index (κ2) is 6.37. The van der Waals surface area contributed by atoms with E-state index in [1.165, 1.54) is 18.2 Å². The number of anilines is 1. The molecule has 108 valence electrons. The third kappa shape index (κ3) is 3.58. The van der Waals surface area contributed by atoms with E-state index in [1.807, 2.05) is 12.1 Å². The van der Waals surface area contributed by atoms with E-state index in [4.69, 9.17) is 11.6 Å². The van der Waals surface area contributed by atoms with Crippen molar-refractivity contribution in [2.24, 2.45) is 0 Å². The van der Waals surface area contributed by atoms with E-state index < -0.39 is 4.92 Å². The first kappa shape index (κ1) is 15.0. The van der Waals surface area contributed by atoms with Gasteiger partial charge >= 0.3 is 0 Å². The SMILES string of the molecule is Cc1cc([N+](=O)[O-])ccc1C(=O)Nc1ccc(CCl)cc1. The summed E-state index contributed by atoms with van der Waals surface area (Å²) in [6.07, 6.45) is 0. The fourth-order valence-corrected chi connectivity index (χ4v) is 2.07. The maximum absolute atomic E-state index is 12.2. The number of nitrogens with zero attached hydrogens (tertiary/aromatic N) is 1. The fourth-order valence-electron chi connectivity index (χ4n) is 1.89. The lowest BCUT2D eigenvalue weighted by Gasteiger charge is -2.08. The van der Waals surface area contributed by atoms with Crippen molar-refractivity contribution in [3.05, 3.63) is 69.3 Å². The summed E-state index contributed by atoms with van der Waals surface area (Å²) < 4.78 is 0. The van der Waals surface area contributed by atoms with E-state index in [9.17, 15) is 14.9 Å². The van der Waals surface area contributed by atoms with Gasteiger partial charge < -0.3 is 5.32 Å². The summed E-state index contributed by atoms with van der Waals surface area (Å²) in [6.45, 7) is 1.67. The van der Waals surface area contributed by atoms with E-state index in [1.54, 1.807) is 19.1 Å². The van der Waals surface area contributed by atoms with Crippen LogP contribution < -0.4 is 5.32 Å². The number of aryl methyl sites for hydroxylation is 1. The molecule has 2 aromatic rings. The second-order valence-electron chi connectivity index (χ2n) is 4.54. The first-order valence-corrected chi connectivity index (χ1v) is 6.76. The Morgan fingerprint density at radius 2 is 1.90 bits per heavy atom. The number of hydrogen-bond donors (Lipinski definition) is 1. The number of halogens is 1. The van der Waals surface area contributed by atoms with Crippen molar-refractivity contribution >= 4 is 28.9 Å². The highest BCUT2D eigenvalue weighted by molar-refractivity contribution is 6.17. The van der Waals surface area contributed by atoms with E-state index in [2.05, 4.69) is 5.32 Å². The average Bonchev–Trinajstić information content (AvgIpc) is 2.47. The molecular weight excluding hydrogens is 292 g/mol. The van der Waals surface area contributed by atoms with Crippen LogP contribution in [0, 0.1) is 17.0 Å². The minimum Gasteiger partial charge on any atom is -0.322 e. The maximum Gasteiger partial charge on any atom is 0.269 e. The molecule has 0 bridgehead atoms. The number of nitro groups is 1. The van der Waals surface area contributed by atoms with Crippen molar-refractivity contribution < 1.29 is 9.72 Å². The molecule has 0 atom stereocenters. The first-order chi connectivity index (χ1) is 10.0. The average molecular weight is 305 g/mol. The Bertz CT molecular complexity index is 684. The van der Waals surface area contributed by atoms with E-state index in [0.717, 1.165) is 5.56 Å². The van der Waals surface area contributed by atoms with Crippen molar-refractivity contribution in [2.45, 2.75) is 12.8 Å². The summed E-state index contributed by atoms with van der Waals surface area (Å²) in [5, 5.41) is 13.4. The molecule has 0 saturated heterocycles. The zero-order chi connectivity index (χ0) is 15.4. The van der Waals surface area contributed by atoms with Gasteiger partial charge in [0.15, 0.2) is 0 Å². The molecule has 2 rings (SSSR count). The van der Waals surface area contributed by atoms with Gasteiger partial charge in [0, 0.05) is 29.3 Å². The Morgan fingerprint density at radius 3 is 2.43 bits per heavy atom. The van der Waals surface area contributed by atoms with Crippen LogP contribution in [0.25, 0.3) is 0 Å². The zero-order valence-electron chi connectivity index (χ0n) is 11.3. The quantitative estimate of drug-likeness (QED) is 0.529. The predicted octanol–water partition coefficient (Wildman–Crippen LogP) is 3.89. The zero-order valence-corrected chi connectivity index (χ0v) is 12.1. The van der Waals surface area contributed by atoms with E-state index in [-0.39, 0.29) is 11.6 Å². The summed E-state index contributed by atoms with van der Waals surface area (Å²) in [6, 6.07) is 11.3. The third-order valence-electron chi connectivity index (χ3n) is 3.03. The number of nitro benzene ring substituents is 1. The van der Waals surface area contributed by atoms with Crippen LogP contribution in [0.4, 0.5) is 11.4 Å². The highest BCUT2D eigenvalue weighted by Gasteiger charge is 2.13. The Labute approximate surface area is 126 Å². The molecule has 5 nitrogen and oxygen atoms in total. The van der Waals surface area contributed by atoms with Crippen molar-refractivity contribution in [3.8, 4) is 0 Å². The van der Waals surface area contributed by atoms with E-state index in [0.29, 0.717) is 22.7 Å². The first-order valence-electron chi connectivity index (χ1n) is 6.22. The summed E-state index contributed by atoms with van der Waals surface area (Å²) in [4.78, 5) is 22.4. The minimum absolute atomic E-state index is 0.0319. The molecule has 21 heavy (non-hydrogen) atoms. The monoisotopic (exact) mass is 304 g/mol. The third-order valence-corrected chi connectivity index (χ3v) is 3.34. The minimum atomic E-state index is -0.487. The summed E-state index contributed by atoms with van der Waals surface area (Å²) in [5.41, 5.74) is 2.53. The molecule has 0 unspecified atom stereocenters. The van der Waals surface area contributed by atoms with Crippen molar-refractivity contribution in [1.82, 2.24) is 0 Å². The Hall–Kier alpha value is -2.40.